The topological polar surface area (TPSA) is 50.4 Å². The van der Waals surface area contributed by atoms with E-state index in [1.807, 2.05) is 40.3 Å². The summed E-state index contributed by atoms with van der Waals surface area (Å²) in [5.41, 5.74) is 1.48. The van der Waals surface area contributed by atoms with Crippen molar-refractivity contribution in [3.8, 4) is 0 Å². The van der Waals surface area contributed by atoms with Crippen LogP contribution in [0.3, 0.4) is 0 Å². The summed E-state index contributed by atoms with van der Waals surface area (Å²) in [6, 6.07) is 8.03. The molecule has 5 nitrogen and oxygen atoms in total. The zero-order chi connectivity index (χ0) is 20.3. The van der Waals surface area contributed by atoms with Crippen molar-refractivity contribution >= 4 is 11.0 Å². The zero-order valence-electron chi connectivity index (χ0n) is 18.0. The average Bonchev–Trinajstić information content (AvgIpc) is 3.02. The van der Waals surface area contributed by atoms with Crippen molar-refractivity contribution in [2.75, 3.05) is 26.2 Å². The number of para-hydroxylation sites is 2. The molecule has 2 aliphatic rings. The molecule has 160 valence electrons. The first-order valence-electron chi connectivity index (χ1n) is 11.7. The highest BCUT2D eigenvalue weighted by Crippen LogP contribution is 2.33. The van der Waals surface area contributed by atoms with Crippen molar-refractivity contribution in [2.45, 2.75) is 76.8 Å². The first-order chi connectivity index (χ1) is 14.2. The first-order valence-corrected chi connectivity index (χ1v) is 11.7. The lowest BCUT2D eigenvalue weighted by molar-refractivity contribution is 0.0447. The summed E-state index contributed by atoms with van der Waals surface area (Å²) < 4.78 is 3.76. The second-order valence-corrected chi connectivity index (χ2v) is 9.25. The Kier molecular flexibility index (Phi) is 6.45. The predicted octanol–water partition coefficient (Wildman–Crippen LogP) is 3.97. The summed E-state index contributed by atoms with van der Waals surface area (Å²) in [4.78, 5) is 15.8. The maximum absolute atomic E-state index is 13.3. The normalized spacial score (nSPS) is 21.9. The summed E-state index contributed by atoms with van der Waals surface area (Å²) in [7, 11) is 0. The smallest absolute Gasteiger partial charge is 0.329 e. The second-order valence-electron chi connectivity index (χ2n) is 9.25. The maximum Gasteiger partial charge on any atom is 0.329 e. The van der Waals surface area contributed by atoms with Crippen LogP contribution in [0, 0.1) is 5.92 Å². The van der Waals surface area contributed by atoms with E-state index in [0.717, 1.165) is 42.9 Å². The van der Waals surface area contributed by atoms with E-state index < -0.39 is 5.54 Å². The van der Waals surface area contributed by atoms with E-state index in [0.29, 0.717) is 6.54 Å². The van der Waals surface area contributed by atoms with Crippen LogP contribution in [0.4, 0.5) is 0 Å². The molecular formula is C24H37N3O2. The van der Waals surface area contributed by atoms with Crippen molar-refractivity contribution in [1.29, 1.82) is 0 Å². The number of aliphatic hydroxyl groups is 1. The SMILES string of the molecule is CCn1c(=O)n(C2(CO)CCN(CC3CCCCCCC3)CC2)c2ccccc21. The van der Waals surface area contributed by atoms with Crippen LogP contribution in [0.15, 0.2) is 29.1 Å². The van der Waals surface area contributed by atoms with Crippen LogP contribution < -0.4 is 5.69 Å². The first kappa shape index (κ1) is 20.7. The van der Waals surface area contributed by atoms with Gasteiger partial charge in [0.15, 0.2) is 0 Å². The molecule has 2 fully saturated rings. The molecule has 0 spiro atoms. The molecule has 1 aliphatic carbocycles. The molecule has 0 atom stereocenters. The third kappa shape index (κ3) is 4.04. The summed E-state index contributed by atoms with van der Waals surface area (Å²) in [6.07, 6.45) is 11.4. The van der Waals surface area contributed by atoms with Gasteiger partial charge in [-0.15, -0.1) is 0 Å². The number of aromatic nitrogens is 2. The molecule has 2 aromatic rings. The predicted molar refractivity (Wildman–Crippen MR) is 118 cm³/mol. The molecular weight excluding hydrogens is 362 g/mol. The van der Waals surface area contributed by atoms with E-state index in [1.54, 1.807) is 0 Å². The van der Waals surface area contributed by atoms with Gasteiger partial charge in [0.2, 0.25) is 0 Å². The van der Waals surface area contributed by atoms with E-state index in [4.69, 9.17) is 0 Å². The molecule has 5 heteroatoms. The van der Waals surface area contributed by atoms with Gasteiger partial charge >= 0.3 is 5.69 Å². The summed E-state index contributed by atoms with van der Waals surface area (Å²) in [5.74, 6) is 0.821. The van der Waals surface area contributed by atoms with E-state index in [9.17, 15) is 9.90 Å². The van der Waals surface area contributed by atoms with Crippen LogP contribution >= 0.6 is 0 Å². The quantitative estimate of drug-likeness (QED) is 0.828. The molecule has 1 N–H and O–H groups in total. The van der Waals surface area contributed by atoms with E-state index >= 15 is 0 Å². The second kappa shape index (κ2) is 9.05. The van der Waals surface area contributed by atoms with Gasteiger partial charge in [0, 0.05) is 26.2 Å². The van der Waals surface area contributed by atoms with Crippen molar-refractivity contribution < 1.29 is 5.11 Å². The van der Waals surface area contributed by atoms with Crippen molar-refractivity contribution in [3.63, 3.8) is 0 Å². The Labute approximate surface area is 174 Å². The molecule has 1 aliphatic heterocycles. The van der Waals surface area contributed by atoms with Crippen LogP contribution in [0.5, 0.6) is 0 Å². The number of aryl methyl sites for hydroxylation is 1. The van der Waals surface area contributed by atoms with Crippen LogP contribution in [0.2, 0.25) is 0 Å². The van der Waals surface area contributed by atoms with Gasteiger partial charge in [-0.2, -0.15) is 0 Å². The average molecular weight is 400 g/mol. The van der Waals surface area contributed by atoms with Gasteiger partial charge in [-0.05, 0) is 50.7 Å². The number of hydrogen-bond acceptors (Lipinski definition) is 3. The Morgan fingerprint density at radius 3 is 2.24 bits per heavy atom. The van der Waals surface area contributed by atoms with Crippen LogP contribution in [-0.4, -0.2) is 45.4 Å². The lowest BCUT2D eigenvalue weighted by Crippen LogP contribution is -2.52. The number of likely N-dealkylation sites (tertiary alicyclic amines) is 1. The molecule has 1 saturated heterocycles. The summed E-state index contributed by atoms with van der Waals surface area (Å²) in [6.45, 7) is 5.82. The molecule has 1 saturated carbocycles. The highest BCUT2D eigenvalue weighted by molar-refractivity contribution is 5.76. The molecule has 4 rings (SSSR count). The Bertz CT molecular complexity index is 853. The lowest BCUT2D eigenvalue weighted by atomic mass is 9.86. The fraction of sp³-hybridized carbons (Fsp3) is 0.708. The molecule has 0 amide bonds. The lowest BCUT2D eigenvalue weighted by Gasteiger charge is -2.42. The van der Waals surface area contributed by atoms with Crippen molar-refractivity contribution in [1.82, 2.24) is 14.0 Å². The minimum absolute atomic E-state index is 0.0243. The van der Waals surface area contributed by atoms with Crippen molar-refractivity contribution in [3.05, 3.63) is 34.7 Å². The number of fused-ring (bicyclic) bond motifs is 1. The van der Waals surface area contributed by atoms with Gasteiger partial charge in [0.05, 0.1) is 23.2 Å². The fourth-order valence-electron chi connectivity index (χ4n) is 5.66. The molecule has 29 heavy (non-hydrogen) atoms. The minimum atomic E-state index is -0.478. The van der Waals surface area contributed by atoms with Gasteiger partial charge in [-0.3, -0.25) is 9.13 Å². The molecule has 0 bridgehead atoms. The number of benzene rings is 1. The van der Waals surface area contributed by atoms with Gasteiger partial charge in [-0.1, -0.05) is 44.2 Å². The molecule has 2 heterocycles. The third-order valence-corrected chi connectivity index (χ3v) is 7.45. The van der Waals surface area contributed by atoms with Crippen LogP contribution in [0.25, 0.3) is 11.0 Å². The monoisotopic (exact) mass is 399 g/mol. The minimum Gasteiger partial charge on any atom is -0.394 e. The molecule has 0 radical (unpaired) electrons. The highest BCUT2D eigenvalue weighted by atomic mass is 16.3. The van der Waals surface area contributed by atoms with Gasteiger partial charge < -0.3 is 10.0 Å². The Morgan fingerprint density at radius 2 is 1.62 bits per heavy atom. The van der Waals surface area contributed by atoms with Crippen LogP contribution in [0.1, 0.15) is 64.7 Å². The number of rotatable bonds is 5. The number of imidazole rings is 1. The van der Waals surface area contributed by atoms with Crippen molar-refractivity contribution in [2.24, 2.45) is 5.92 Å². The molecule has 0 unspecified atom stereocenters. The summed E-state index contributed by atoms with van der Waals surface area (Å²) >= 11 is 0. The van der Waals surface area contributed by atoms with E-state index in [-0.39, 0.29) is 12.3 Å². The Hall–Kier alpha value is -1.59. The van der Waals surface area contributed by atoms with E-state index in [2.05, 4.69) is 4.90 Å². The third-order valence-electron chi connectivity index (χ3n) is 7.45. The standard InChI is InChI=1S/C24H37N3O2/c1-2-26-21-12-8-9-13-22(21)27(23(26)29)24(19-28)14-16-25(17-15-24)18-20-10-6-4-3-5-7-11-20/h8-9,12-13,20,28H,2-7,10-11,14-19H2,1H3. The number of nitrogens with zero attached hydrogens (tertiary/aromatic N) is 3. The maximum atomic E-state index is 13.3. The van der Waals surface area contributed by atoms with Gasteiger partial charge in [0.25, 0.3) is 0 Å². The Morgan fingerprint density at radius 1 is 1.00 bits per heavy atom. The van der Waals surface area contributed by atoms with Gasteiger partial charge in [-0.25, -0.2) is 4.79 Å². The Balaban J connectivity index is 1.53. The van der Waals surface area contributed by atoms with Crippen LogP contribution in [-0.2, 0) is 12.1 Å². The summed E-state index contributed by atoms with van der Waals surface area (Å²) in [5, 5.41) is 10.4. The number of aliphatic hydroxyl groups excluding tert-OH is 1. The number of piperidine rings is 1. The van der Waals surface area contributed by atoms with Gasteiger partial charge in [0.1, 0.15) is 0 Å². The highest BCUT2D eigenvalue weighted by Gasteiger charge is 2.39. The fourth-order valence-corrected chi connectivity index (χ4v) is 5.66. The number of hydrogen-bond donors (Lipinski definition) is 1. The zero-order valence-corrected chi connectivity index (χ0v) is 18.0. The molecule has 1 aromatic carbocycles. The molecule has 1 aromatic heterocycles. The largest absolute Gasteiger partial charge is 0.394 e. The van der Waals surface area contributed by atoms with E-state index in [1.165, 1.54) is 51.5 Å².